The van der Waals surface area contributed by atoms with E-state index in [9.17, 15) is 24.3 Å². The molecule has 3 aliphatic heterocycles. The number of carbonyl (C=O) groups excluding carboxylic acids is 4. The molecule has 3 aromatic heterocycles. The summed E-state index contributed by atoms with van der Waals surface area (Å²) in [6, 6.07) is 15.5. The Kier molecular flexibility index (Phi) is 15.5. The Morgan fingerprint density at radius 3 is 2.22 bits per heavy atom. The van der Waals surface area contributed by atoms with Gasteiger partial charge in [-0.2, -0.15) is 0 Å². The van der Waals surface area contributed by atoms with Crippen LogP contribution in [0, 0.1) is 33.1 Å². The number of hydrogen-bond donors (Lipinski definition) is 4. The van der Waals surface area contributed by atoms with E-state index in [0.717, 1.165) is 70.5 Å². The molecule has 2 fully saturated rings. The number of nitrogens with zero attached hydrogens (tertiary/aromatic N) is 7. The van der Waals surface area contributed by atoms with E-state index < -0.39 is 29.6 Å². The Morgan fingerprint density at radius 1 is 0.870 bits per heavy atom. The molecule has 4 amide bonds. The molecule has 0 radical (unpaired) electrons. The van der Waals surface area contributed by atoms with Gasteiger partial charge in [0.15, 0.2) is 5.82 Å². The first-order chi connectivity index (χ1) is 32.9. The number of carbonyl (C=O) groups is 4. The topological polar surface area (TPSA) is 177 Å². The fourth-order valence-corrected chi connectivity index (χ4v) is 11.6. The second kappa shape index (κ2) is 21.4. The largest absolute Gasteiger partial charge is 0.391 e. The molecule has 0 saturated carbocycles. The molecule has 0 aliphatic carbocycles. The number of aliphatic hydroxyl groups is 1. The first kappa shape index (κ1) is 50.1. The van der Waals surface area contributed by atoms with Crippen LogP contribution in [0.25, 0.3) is 15.4 Å². The van der Waals surface area contributed by atoms with Crippen molar-refractivity contribution in [2.45, 2.75) is 98.5 Å². The summed E-state index contributed by atoms with van der Waals surface area (Å²) in [5, 5.41) is 32.4. The first-order valence-corrected chi connectivity index (χ1v) is 25.8. The normalized spacial score (nSPS) is 19.1. The van der Waals surface area contributed by atoms with Gasteiger partial charge in [0.2, 0.25) is 23.6 Å². The number of aliphatic imine (C=N–C) groups is 1. The van der Waals surface area contributed by atoms with Crippen molar-refractivity contribution >= 4 is 63.6 Å². The lowest BCUT2D eigenvalue weighted by Gasteiger charge is -2.36. The molecule has 2 saturated heterocycles. The molecule has 18 heteroatoms. The van der Waals surface area contributed by atoms with Crippen LogP contribution >= 0.6 is 34.3 Å². The number of β-amino-alcohol motifs (C(OH)–C–C–N with tert-alkyl or cyclic N) is 1. The van der Waals surface area contributed by atoms with E-state index in [1.54, 1.807) is 22.7 Å². The van der Waals surface area contributed by atoms with Gasteiger partial charge in [0, 0.05) is 97.6 Å². The van der Waals surface area contributed by atoms with Crippen LogP contribution in [-0.4, -0.2) is 134 Å². The van der Waals surface area contributed by atoms with Gasteiger partial charge in [-0.15, -0.1) is 32.9 Å². The van der Waals surface area contributed by atoms with Gasteiger partial charge in [-0.25, -0.2) is 0 Å². The fourth-order valence-electron chi connectivity index (χ4n) is 9.33. The molecule has 0 bridgehead atoms. The number of likely N-dealkylation sites (tertiary alicyclic amines) is 1. The standard InChI is InChI=1S/C51H63ClN10O5S2/c1-30-17-25-68-45(30)36-10-8-34(9-11-36)28-54-48(66)40-26-38(63)29-61(40)49(67)46(51(5,6)7)56-41(64)16-19-59-21-23-60(24-22-59)20-18-53-42(65)27-39-47-58-57-33(4)62(47)50-43(31(2)32(3)69-50)44(55-39)35-12-14-37(52)15-13-35/h8-15,17,25,38-40,46,63H,16,18-24,26-29H2,1-7H3,(H,53,65)(H,54,66)(H,56,64)/t38-,39?,40+,46-/m1/s1. The highest BCUT2D eigenvalue weighted by molar-refractivity contribution is 7.15. The fraction of sp³-hybridized carbons (Fsp3) is 0.471. The van der Waals surface area contributed by atoms with Crippen LogP contribution in [0.3, 0.4) is 0 Å². The molecule has 2 aromatic carbocycles. The van der Waals surface area contributed by atoms with Crippen LogP contribution in [0.4, 0.5) is 0 Å². The van der Waals surface area contributed by atoms with Crippen LogP contribution in [0.1, 0.15) is 90.4 Å². The molecule has 69 heavy (non-hydrogen) atoms. The molecule has 366 valence electrons. The molecule has 3 aliphatic rings. The molecule has 1 unspecified atom stereocenters. The number of fused-ring (bicyclic) bond motifs is 3. The highest BCUT2D eigenvalue weighted by atomic mass is 35.5. The Morgan fingerprint density at radius 2 is 1.55 bits per heavy atom. The van der Waals surface area contributed by atoms with Gasteiger partial charge in [-0.3, -0.25) is 33.6 Å². The predicted octanol–water partition coefficient (Wildman–Crippen LogP) is 6.16. The summed E-state index contributed by atoms with van der Waals surface area (Å²) in [4.78, 5) is 68.3. The summed E-state index contributed by atoms with van der Waals surface area (Å²) in [6.45, 7) is 18.9. The van der Waals surface area contributed by atoms with Crippen molar-refractivity contribution in [1.82, 2.24) is 45.4 Å². The van der Waals surface area contributed by atoms with E-state index in [-0.39, 0.29) is 56.0 Å². The number of piperazine rings is 1. The second-order valence-corrected chi connectivity index (χ2v) is 22.1. The van der Waals surface area contributed by atoms with Crippen molar-refractivity contribution in [3.05, 3.63) is 109 Å². The summed E-state index contributed by atoms with van der Waals surface area (Å²) < 4.78 is 2.04. The lowest BCUT2D eigenvalue weighted by molar-refractivity contribution is -0.144. The molecule has 4 N–H and O–H groups in total. The number of aliphatic hydroxyl groups excluding tert-OH is 1. The average molecular weight is 996 g/mol. The molecule has 15 nitrogen and oxygen atoms in total. The summed E-state index contributed by atoms with van der Waals surface area (Å²) in [5.41, 5.74) is 6.49. The molecule has 4 atom stereocenters. The molecular weight excluding hydrogens is 932 g/mol. The highest BCUT2D eigenvalue weighted by Crippen LogP contribution is 2.40. The zero-order valence-corrected chi connectivity index (χ0v) is 42.9. The first-order valence-electron chi connectivity index (χ1n) is 23.7. The van der Waals surface area contributed by atoms with Gasteiger partial charge in [0.1, 0.15) is 29.0 Å². The number of amides is 4. The quantitative estimate of drug-likeness (QED) is 0.0958. The summed E-state index contributed by atoms with van der Waals surface area (Å²) in [6.07, 6.45) is -0.406. The third-order valence-corrected chi connectivity index (χ3v) is 15.9. The third-order valence-electron chi connectivity index (χ3n) is 13.4. The Bertz CT molecular complexity index is 2700. The number of thiophene rings is 2. The predicted molar refractivity (Wildman–Crippen MR) is 272 cm³/mol. The molecule has 0 spiro atoms. The monoisotopic (exact) mass is 994 g/mol. The van der Waals surface area contributed by atoms with E-state index >= 15 is 0 Å². The van der Waals surface area contributed by atoms with Gasteiger partial charge < -0.3 is 30.9 Å². The summed E-state index contributed by atoms with van der Waals surface area (Å²) in [7, 11) is 0. The van der Waals surface area contributed by atoms with Crippen molar-refractivity contribution in [2.24, 2.45) is 10.4 Å². The Balaban J connectivity index is 0.793. The van der Waals surface area contributed by atoms with Crippen LogP contribution in [-0.2, 0) is 25.7 Å². The zero-order valence-electron chi connectivity index (χ0n) is 40.5. The average Bonchev–Trinajstić information content (AvgIpc) is 4.09. The number of aryl methyl sites for hydroxylation is 3. The number of nitrogens with one attached hydrogen (secondary N) is 3. The number of halogens is 1. The number of benzene rings is 2. The van der Waals surface area contributed by atoms with E-state index in [0.29, 0.717) is 30.5 Å². The smallest absolute Gasteiger partial charge is 0.246 e. The lowest BCUT2D eigenvalue weighted by atomic mass is 9.85. The second-order valence-electron chi connectivity index (χ2n) is 19.5. The van der Waals surface area contributed by atoms with Crippen molar-refractivity contribution in [2.75, 3.05) is 52.4 Å². The maximum Gasteiger partial charge on any atom is 0.246 e. The van der Waals surface area contributed by atoms with Gasteiger partial charge in [-0.1, -0.05) is 68.8 Å². The maximum absolute atomic E-state index is 14.2. The summed E-state index contributed by atoms with van der Waals surface area (Å²) in [5.74, 6) is 0.289. The van der Waals surface area contributed by atoms with Crippen molar-refractivity contribution < 1.29 is 24.3 Å². The number of rotatable bonds is 15. The van der Waals surface area contributed by atoms with E-state index in [4.69, 9.17) is 16.6 Å². The van der Waals surface area contributed by atoms with Gasteiger partial charge in [-0.05, 0) is 78.9 Å². The summed E-state index contributed by atoms with van der Waals surface area (Å²) >= 11 is 9.63. The van der Waals surface area contributed by atoms with Crippen LogP contribution in [0.15, 0.2) is 65.0 Å². The van der Waals surface area contributed by atoms with Gasteiger partial charge in [0.05, 0.1) is 18.2 Å². The van der Waals surface area contributed by atoms with Crippen molar-refractivity contribution in [3.8, 4) is 15.4 Å². The van der Waals surface area contributed by atoms with Gasteiger partial charge >= 0.3 is 0 Å². The Labute approximate surface area is 417 Å². The third kappa shape index (κ3) is 11.5. The van der Waals surface area contributed by atoms with Crippen LogP contribution in [0.5, 0.6) is 0 Å². The number of hydrogen-bond acceptors (Lipinski definition) is 12. The minimum atomic E-state index is -0.893. The minimum Gasteiger partial charge on any atom is -0.391 e. The minimum absolute atomic E-state index is 0.0168. The lowest BCUT2D eigenvalue weighted by Crippen LogP contribution is -2.58. The molecule has 5 aromatic rings. The van der Waals surface area contributed by atoms with E-state index in [1.165, 1.54) is 20.2 Å². The van der Waals surface area contributed by atoms with Crippen molar-refractivity contribution in [3.63, 3.8) is 0 Å². The zero-order chi connectivity index (χ0) is 49.1. The van der Waals surface area contributed by atoms with Gasteiger partial charge in [0.25, 0.3) is 0 Å². The van der Waals surface area contributed by atoms with E-state index in [2.05, 4.69) is 68.2 Å². The number of aromatic nitrogens is 3. The van der Waals surface area contributed by atoms with E-state index in [1.807, 2.05) is 80.8 Å². The SMILES string of the molecule is Cc1ccsc1-c1ccc(CNC(=O)[C@@H]2C[C@@H](O)CN2C(=O)[C@@H](NC(=O)CCN2CCN(CCNC(=O)CC3N=C(c4ccc(Cl)cc4)c4c(sc(C)c4C)-n4c(C)nnc43)CC2)C(C)(C)C)cc1. The highest BCUT2D eigenvalue weighted by Gasteiger charge is 2.44. The Hall–Kier alpha value is -5.30. The van der Waals surface area contributed by atoms with Crippen molar-refractivity contribution in [1.29, 1.82) is 0 Å². The molecule has 6 heterocycles. The molecular formula is C51H63ClN10O5S2. The van der Waals surface area contributed by atoms with Crippen LogP contribution in [0.2, 0.25) is 5.02 Å². The maximum atomic E-state index is 14.2. The van der Waals surface area contributed by atoms with Crippen LogP contribution < -0.4 is 16.0 Å². The molecule has 8 rings (SSSR count).